The number of imidazole rings is 1. The second-order valence-corrected chi connectivity index (χ2v) is 4.59. The molecule has 0 unspecified atom stereocenters. The molecule has 0 spiro atoms. The molecule has 0 aliphatic carbocycles. The molecule has 5 heteroatoms. The fraction of sp³-hybridized carbons (Fsp3) is 0.333. The van der Waals surface area contributed by atoms with Crippen molar-refractivity contribution in [2.24, 2.45) is 0 Å². The first-order valence-corrected chi connectivity index (χ1v) is 6.06. The van der Waals surface area contributed by atoms with E-state index in [1.54, 1.807) is 10.5 Å². The zero-order valence-corrected chi connectivity index (χ0v) is 10.0. The number of aromatic nitrogens is 2. The third-order valence-corrected chi connectivity index (χ3v) is 3.43. The monoisotopic (exact) mass is 249 g/mol. The Morgan fingerprint density at radius 1 is 1.35 bits per heavy atom. The van der Waals surface area contributed by atoms with E-state index in [0.717, 1.165) is 38.0 Å². The summed E-state index contributed by atoms with van der Waals surface area (Å²) in [5, 5.41) is 0.570. The van der Waals surface area contributed by atoms with Gasteiger partial charge in [0, 0.05) is 19.3 Å². The molecule has 17 heavy (non-hydrogen) atoms. The van der Waals surface area contributed by atoms with Gasteiger partial charge in [-0.15, -0.1) is 0 Å². The van der Waals surface area contributed by atoms with E-state index in [-0.39, 0.29) is 0 Å². The summed E-state index contributed by atoms with van der Waals surface area (Å²) in [4.78, 5) is 17.9. The number of carbonyl (C=O) groups is 1. The smallest absolute Gasteiger partial charge is 0.170 e. The average Bonchev–Trinajstić information content (AvgIpc) is 2.95. The van der Waals surface area contributed by atoms with Gasteiger partial charge in [0.15, 0.2) is 17.8 Å². The van der Waals surface area contributed by atoms with E-state index in [9.17, 15) is 4.79 Å². The second-order valence-electron chi connectivity index (χ2n) is 4.18. The number of nitrogens with zero attached hydrogens (tertiary/aromatic N) is 3. The lowest BCUT2D eigenvalue weighted by molar-refractivity contribution is 0.111. The van der Waals surface area contributed by atoms with Gasteiger partial charge in [0.05, 0.1) is 5.02 Å². The fourth-order valence-corrected chi connectivity index (χ4v) is 2.52. The van der Waals surface area contributed by atoms with Crippen LogP contribution in [0.1, 0.15) is 23.3 Å². The van der Waals surface area contributed by atoms with Crippen LogP contribution >= 0.6 is 11.6 Å². The van der Waals surface area contributed by atoms with E-state index < -0.39 is 0 Å². The van der Waals surface area contributed by atoms with Crippen LogP contribution in [0.3, 0.4) is 0 Å². The highest BCUT2D eigenvalue weighted by Crippen LogP contribution is 2.27. The molecule has 3 heterocycles. The van der Waals surface area contributed by atoms with E-state index >= 15 is 0 Å². The maximum Gasteiger partial charge on any atom is 0.170 e. The first-order valence-electron chi connectivity index (χ1n) is 5.68. The molecular formula is C12H12ClN3O. The quantitative estimate of drug-likeness (QED) is 0.767. The number of hydrogen-bond donors (Lipinski definition) is 0. The molecule has 0 radical (unpaired) electrons. The van der Waals surface area contributed by atoms with Crippen LogP contribution < -0.4 is 4.90 Å². The second kappa shape index (κ2) is 4.04. The number of anilines is 1. The normalized spacial score (nSPS) is 15.7. The number of aldehydes is 1. The lowest BCUT2D eigenvalue weighted by atomic mass is 10.4. The number of fused-ring (bicyclic) bond motifs is 1. The van der Waals surface area contributed by atoms with Crippen LogP contribution in [0, 0.1) is 0 Å². The lowest BCUT2D eigenvalue weighted by Gasteiger charge is -2.14. The maximum atomic E-state index is 11.2. The Morgan fingerprint density at radius 3 is 2.82 bits per heavy atom. The standard InChI is InChI=1S/C12H12ClN3O/c13-9-4-3-7-16-10(8-17)12(14-11(9)16)15-5-1-2-6-15/h3-4,7-8H,1-2,5-6H2. The van der Waals surface area contributed by atoms with Crippen molar-refractivity contribution in [3.8, 4) is 0 Å². The topological polar surface area (TPSA) is 37.6 Å². The van der Waals surface area contributed by atoms with Gasteiger partial charge in [0.2, 0.25) is 0 Å². The van der Waals surface area contributed by atoms with Gasteiger partial charge in [0.25, 0.3) is 0 Å². The van der Waals surface area contributed by atoms with Crippen molar-refractivity contribution in [2.75, 3.05) is 18.0 Å². The molecule has 0 N–H and O–H groups in total. The highest BCUT2D eigenvalue weighted by atomic mass is 35.5. The van der Waals surface area contributed by atoms with Crippen molar-refractivity contribution < 1.29 is 4.79 Å². The minimum Gasteiger partial charge on any atom is -0.355 e. The highest BCUT2D eigenvalue weighted by Gasteiger charge is 2.21. The van der Waals surface area contributed by atoms with Gasteiger partial charge < -0.3 is 4.90 Å². The molecule has 1 aliphatic rings. The summed E-state index contributed by atoms with van der Waals surface area (Å²) >= 11 is 6.09. The minimum atomic E-state index is 0.570. The van der Waals surface area contributed by atoms with Crippen molar-refractivity contribution in [3.63, 3.8) is 0 Å². The van der Waals surface area contributed by atoms with Gasteiger partial charge in [-0.05, 0) is 25.0 Å². The summed E-state index contributed by atoms with van der Waals surface area (Å²) < 4.78 is 1.75. The third kappa shape index (κ3) is 1.60. The van der Waals surface area contributed by atoms with E-state index in [0.29, 0.717) is 16.4 Å². The maximum absolute atomic E-state index is 11.2. The molecule has 0 aromatic carbocycles. The van der Waals surface area contributed by atoms with Gasteiger partial charge in [-0.1, -0.05) is 11.6 Å². The molecule has 2 aromatic heterocycles. The Balaban J connectivity index is 2.23. The minimum absolute atomic E-state index is 0.570. The highest BCUT2D eigenvalue weighted by molar-refractivity contribution is 6.33. The van der Waals surface area contributed by atoms with E-state index in [1.165, 1.54) is 0 Å². The zero-order chi connectivity index (χ0) is 11.8. The third-order valence-electron chi connectivity index (χ3n) is 3.14. The molecule has 4 nitrogen and oxygen atoms in total. The summed E-state index contributed by atoms with van der Waals surface area (Å²) in [6, 6.07) is 3.60. The molecule has 0 atom stereocenters. The van der Waals surface area contributed by atoms with Crippen molar-refractivity contribution in [1.82, 2.24) is 9.38 Å². The molecule has 3 rings (SSSR count). The van der Waals surface area contributed by atoms with E-state index in [2.05, 4.69) is 9.88 Å². The predicted octanol–water partition coefficient (Wildman–Crippen LogP) is 2.40. The van der Waals surface area contributed by atoms with Gasteiger partial charge in [-0.25, -0.2) is 4.98 Å². The van der Waals surface area contributed by atoms with Crippen LogP contribution in [0.4, 0.5) is 5.82 Å². The summed E-state index contributed by atoms with van der Waals surface area (Å²) in [5.74, 6) is 0.755. The van der Waals surface area contributed by atoms with Crippen molar-refractivity contribution >= 4 is 29.4 Å². The number of halogens is 1. The van der Waals surface area contributed by atoms with Crippen molar-refractivity contribution in [2.45, 2.75) is 12.8 Å². The molecule has 0 bridgehead atoms. The summed E-state index contributed by atoms with van der Waals surface area (Å²) in [6.07, 6.45) is 4.97. The van der Waals surface area contributed by atoms with Crippen molar-refractivity contribution in [3.05, 3.63) is 29.0 Å². The van der Waals surface area contributed by atoms with Gasteiger partial charge in [-0.3, -0.25) is 9.20 Å². The van der Waals surface area contributed by atoms with E-state index in [4.69, 9.17) is 11.6 Å². The van der Waals surface area contributed by atoms with Crippen molar-refractivity contribution in [1.29, 1.82) is 0 Å². The zero-order valence-electron chi connectivity index (χ0n) is 9.27. The van der Waals surface area contributed by atoms with Crippen LogP contribution in [0.25, 0.3) is 5.65 Å². The molecule has 0 saturated carbocycles. The van der Waals surface area contributed by atoms with Crippen LogP contribution in [0.5, 0.6) is 0 Å². The lowest BCUT2D eigenvalue weighted by Crippen LogP contribution is -2.19. The average molecular weight is 250 g/mol. The molecule has 88 valence electrons. The Bertz CT molecular complexity index is 572. The Kier molecular flexibility index (Phi) is 2.52. The first-order chi connectivity index (χ1) is 8.31. The SMILES string of the molecule is O=Cc1c(N2CCCC2)nc2c(Cl)cccn12. The number of carbonyl (C=O) groups excluding carboxylic acids is 1. The number of pyridine rings is 1. The first kappa shape index (κ1) is 10.6. The van der Waals surface area contributed by atoms with E-state index in [1.807, 2.05) is 12.3 Å². The Morgan fingerprint density at radius 2 is 2.12 bits per heavy atom. The molecule has 1 fully saturated rings. The predicted molar refractivity (Wildman–Crippen MR) is 67.0 cm³/mol. The largest absolute Gasteiger partial charge is 0.355 e. The van der Waals surface area contributed by atoms with Crippen LogP contribution in [-0.4, -0.2) is 28.8 Å². The molecule has 2 aromatic rings. The molecule has 1 aliphatic heterocycles. The summed E-state index contributed by atoms with van der Waals surface area (Å²) in [7, 11) is 0. The molecular weight excluding hydrogens is 238 g/mol. The van der Waals surface area contributed by atoms with Crippen LogP contribution in [-0.2, 0) is 0 Å². The van der Waals surface area contributed by atoms with Crippen LogP contribution in [0.2, 0.25) is 5.02 Å². The summed E-state index contributed by atoms with van der Waals surface area (Å²) in [6.45, 7) is 1.92. The molecule has 0 amide bonds. The van der Waals surface area contributed by atoms with Gasteiger partial charge in [0.1, 0.15) is 5.69 Å². The fourth-order valence-electron chi connectivity index (χ4n) is 2.31. The Labute approximate surface area is 104 Å². The van der Waals surface area contributed by atoms with Crippen LogP contribution in [0.15, 0.2) is 18.3 Å². The van der Waals surface area contributed by atoms with Gasteiger partial charge in [-0.2, -0.15) is 0 Å². The summed E-state index contributed by atoms with van der Waals surface area (Å²) in [5.41, 5.74) is 1.24. The number of rotatable bonds is 2. The Hall–Kier alpha value is -1.55. The van der Waals surface area contributed by atoms with Gasteiger partial charge >= 0.3 is 0 Å². The molecule has 1 saturated heterocycles. The number of hydrogen-bond acceptors (Lipinski definition) is 3.